The number of unbranched alkanes of at least 4 members (excludes halogenated alkanes) is 1. The van der Waals surface area contributed by atoms with Gasteiger partial charge >= 0.3 is 18.9 Å². The van der Waals surface area contributed by atoms with Crippen molar-refractivity contribution >= 4 is 10.0 Å². The molecule has 2 aromatic rings. The summed E-state index contributed by atoms with van der Waals surface area (Å²) in [6.45, 7) is 2.06. The molecule has 0 fully saturated rings. The fourth-order valence-electron chi connectivity index (χ4n) is 2.99. The van der Waals surface area contributed by atoms with Crippen LogP contribution in [0.5, 0.6) is 0 Å². The first-order valence-electron chi connectivity index (χ1n) is 8.12. The minimum Gasteiger partial charge on any atom is -0.859 e. The van der Waals surface area contributed by atoms with E-state index in [1.807, 2.05) is 30.3 Å². The molecule has 0 saturated heterocycles. The number of rotatable bonds is 6. The summed E-state index contributed by atoms with van der Waals surface area (Å²) in [7, 11) is -3.84. The van der Waals surface area contributed by atoms with Crippen LogP contribution in [0.1, 0.15) is 37.8 Å². The molecule has 0 aliphatic carbocycles. The maximum absolute atomic E-state index is 12.9. The second-order valence-electron chi connectivity index (χ2n) is 5.86. The van der Waals surface area contributed by atoms with E-state index in [2.05, 4.69) is 6.92 Å². The normalized spacial score (nSPS) is 17.0. The SMILES string of the molecule is CCCCC1=C([O-])N(S(=O)(=O)c2ccccc2)C1c1ccccc1.[Li+]. The first-order valence-corrected chi connectivity index (χ1v) is 9.56. The monoisotopic (exact) mass is 349 g/mol. The minimum atomic E-state index is -3.84. The Bertz CT molecular complexity index is 835. The summed E-state index contributed by atoms with van der Waals surface area (Å²) in [6, 6.07) is 17.0. The van der Waals surface area contributed by atoms with Gasteiger partial charge in [-0.2, -0.15) is 0 Å². The topological polar surface area (TPSA) is 60.4 Å². The van der Waals surface area contributed by atoms with Crippen LogP contribution in [-0.2, 0) is 10.0 Å². The third-order valence-electron chi connectivity index (χ3n) is 4.25. The number of nitrogens with zero attached hydrogens (tertiary/aromatic N) is 1. The predicted octanol–water partition coefficient (Wildman–Crippen LogP) is 0.198. The van der Waals surface area contributed by atoms with Gasteiger partial charge in [0.05, 0.1) is 10.9 Å². The molecule has 6 heteroatoms. The van der Waals surface area contributed by atoms with Crippen molar-refractivity contribution in [1.29, 1.82) is 0 Å². The van der Waals surface area contributed by atoms with Gasteiger partial charge in [-0.15, -0.1) is 0 Å². The van der Waals surface area contributed by atoms with E-state index in [-0.39, 0.29) is 29.6 Å². The van der Waals surface area contributed by atoms with Gasteiger partial charge in [-0.05, 0) is 42.0 Å². The molecule has 4 nitrogen and oxygen atoms in total. The Morgan fingerprint density at radius 2 is 1.56 bits per heavy atom. The Hall–Kier alpha value is -1.67. The number of hydrogen-bond donors (Lipinski definition) is 0. The minimum absolute atomic E-state index is 0. The van der Waals surface area contributed by atoms with Crippen molar-refractivity contribution in [3.63, 3.8) is 0 Å². The smallest absolute Gasteiger partial charge is 0.859 e. The maximum atomic E-state index is 12.9. The van der Waals surface area contributed by atoms with Gasteiger partial charge in [0.2, 0.25) is 0 Å². The Balaban J connectivity index is 0.00000225. The Morgan fingerprint density at radius 3 is 2.12 bits per heavy atom. The average molecular weight is 349 g/mol. The molecule has 0 spiro atoms. The van der Waals surface area contributed by atoms with E-state index in [1.54, 1.807) is 18.2 Å². The van der Waals surface area contributed by atoms with Crippen molar-refractivity contribution in [2.75, 3.05) is 0 Å². The zero-order chi connectivity index (χ0) is 17.2. The van der Waals surface area contributed by atoms with Gasteiger partial charge in [-0.1, -0.05) is 61.9 Å². The average Bonchev–Trinajstić information content (AvgIpc) is 2.61. The predicted molar refractivity (Wildman–Crippen MR) is 91.2 cm³/mol. The van der Waals surface area contributed by atoms with E-state index in [4.69, 9.17) is 0 Å². The zero-order valence-corrected chi connectivity index (χ0v) is 15.4. The van der Waals surface area contributed by atoms with Crippen molar-refractivity contribution in [3.05, 3.63) is 77.7 Å². The van der Waals surface area contributed by atoms with Crippen molar-refractivity contribution < 1.29 is 32.4 Å². The van der Waals surface area contributed by atoms with Crippen LogP contribution in [0.25, 0.3) is 0 Å². The second kappa shape index (κ2) is 8.14. The summed E-state index contributed by atoms with van der Waals surface area (Å²) in [5, 5.41) is 12.6. The van der Waals surface area contributed by atoms with E-state index >= 15 is 0 Å². The summed E-state index contributed by atoms with van der Waals surface area (Å²) in [4.78, 5) is 0.147. The summed E-state index contributed by atoms with van der Waals surface area (Å²) in [5.74, 6) is -0.374. The molecule has 0 N–H and O–H groups in total. The van der Waals surface area contributed by atoms with Crippen LogP contribution in [0.3, 0.4) is 0 Å². The van der Waals surface area contributed by atoms with Crippen LogP contribution in [0.2, 0.25) is 0 Å². The first-order chi connectivity index (χ1) is 11.6. The summed E-state index contributed by atoms with van der Waals surface area (Å²) < 4.78 is 26.9. The largest absolute Gasteiger partial charge is 1.00 e. The van der Waals surface area contributed by atoms with Crippen molar-refractivity contribution in [2.24, 2.45) is 0 Å². The van der Waals surface area contributed by atoms with Gasteiger partial charge in [0, 0.05) is 0 Å². The number of benzene rings is 2. The Morgan fingerprint density at radius 1 is 1.00 bits per heavy atom. The summed E-state index contributed by atoms with van der Waals surface area (Å²) in [5.41, 5.74) is 1.52. The fourth-order valence-corrected chi connectivity index (χ4v) is 4.58. The molecule has 1 unspecified atom stereocenters. The molecule has 0 bridgehead atoms. The molecule has 0 radical (unpaired) electrons. The van der Waals surface area contributed by atoms with Crippen LogP contribution in [0.15, 0.2) is 77.0 Å². The molecule has 0 amide bonds. The van der Waals surface area contributed by atoms with E-state index in [0.29, 0.717) is 12.0 Å². The molecular formula is C19H20LiNO3S. The van der Waals surface area contributed by atoms with Gasteiger partial charge in [-0.25, -0.2) is 8.42 Å². The standard InChI is InChI=1S/C19H21NO3S.Li/c1-2-3-14-17-18(15-10-6-4-7-11-15)20(19(17)21)24(22,23)16-12-8-5-9-13-16;/h4-13,18,21H,2-3,14H2,1H3;/q;+1/p-1. The molecular weight excluding hydrogens is 329 g/mol. The number of sulfonamides is 1. The third kappa shape index (κ3) is 3.64. The van der Waals surface area contributed by atoms with Gasteiger partial charge in [0.15, 0.2) is 0 Å². The molecule has 1 aliphatic rings. The molecule has 126 valence electrons. The molecule has 1 heterocycles. The van der Waals surface area contributed by atoms with Crippen molar-refractivity contribution in [1.82, 2.24) is 4.31 Å². The molecule has 0 aromatic heterocycles. The molecule has 1 aliphatic heterocycles. The van der Waals surface area contributed by atoms with E-state index in [0.717, 1.165) is 22.7 Å². The van der Waals surface area contributed by atoms with Gasteiger partial charge < -0.3 is 5.11 Å². The molecule has 25 heavy (non-hydrogen) atoms. The molecule has 3 rings (SSSR count). The maximum Gasteiger partial charge on any atom is 1.00 e. The van der Waals surface area contributed by atoms with Gasteiger partial charge in [-0.3, -0.25) is 4.31 Å². The second-order valence-corrected chi connectivity index (χ2v) is 7.68. The van der Waals surface area contributed by atoms with E-state index in [9.17, 15) is 13.5 Å². The Labute approximate surface area is 161 Å². The quantitative estimate of drug-likeness (QED) is 0.700. The van der Waals surface area contributed by atoms with Crippen LogP contribution < -0.4 is 24.0 Å². The van der Waals surface area contributed by atoms with Crippen LogP contribution in [0, 0.1) is 0 Å². The summed E-state index contributed by atoms with van der Waals surface area (Å²) >= 11 is 0. The van der Waals surface area contributed by atoms with Crippen molar-refractivity contribution in [3.8, 4) is 0 Å². The summed E-state index contributed by atoms with van der Waals surface area (Å²) in [6.07, 6.45) is 2.48. The fraction of sp³-hybridized carbons (Fsp3) is 0.263. The number of hydrogen-bond acceptors (Lipinski definition) is 3. The van der Waals surface area contributed by atoms with Crippen molar-refractivity contribution in [2.45, 2.75) is 37.1 Å². The first kappa shape index (κ1) is 19.6. The van der Waals surface area contributed by atoms with Crippen LogP contribution in [-0.4, -0.2) is 12.7 Å². The third-order valence-corrected chi connectivity index (χ3v) is 6.02. The van der Waals surface area contributed by atoms with Crippen LogP contribution in [0.4, 0.5) is 0 Å². The van der Waals surface area contributed by atoms with E-state index < -0.39 is 16.1 Å². The zero-order valence-electron chi connectivity index (χ0n) is 14.6. The van der Waals surface area contributed by atoms with Gasteiger partial charge in [0.1, 0.15) is 0 Å². The Kier molecular flexibility index (Phi) is 6.40. The molecule has 0 saturated carbocycles. The van der Waals surface area contributed by atoms with Gasteiger partial charge in [0.25, 0.3) is 10.0 Å². The van der Waals surface area contributed by atoms with E-state index in [1.165, 1.54) is 12.1 Å². The van der Waals surface area contributed by atoms with Crippen LogP contribution >= 0.6 is 0 Å². The molecule has 1 atom stereocenters. The molecule has 2 aromatic carbocycles.